The SMILES string of the molecule is C1CCC2C(C1)CCN2C1CCCC(C23CCC(C4CNCC5NCCNC54)(C2)C3)C1. The van der Waals surface area contributed by atoms with Gasteiger partial charge in [-0.05, 0) is 99.3 Å². The molecule has 5 aliphatic carbocycles. The van der Waals surface area contributed by atoms with Gasteiger partial charge in [0.05, 0.1) is 0 Å². The van der Waals surface area contributed by atoms with E-state index in [9.17, 15) is 0 Å². The standard InChI is InChI=1S/C27H46N4/c1-2-7-24-19(4-1)8-13-31(24)21-6-3-5-20(14-21)26-9-10-27(17-26,18-26)22-15-28-16-23-25(22)30-12-11-29-23/h19-25,28-30H,1-18H2. The molecule has 3 heterocycles. The van der Waals surface area contributed by atoms with E-state index in [-0.39, 0.29) is 0 Å². The maximum atomic E-state index is 3.95. The van der Waals surface area contributed by atoms with Crippen LogP contribution in [-0.4, -0.2) is 61.8 Å². The second-order valence-corrected chi connectivity index (χ2v) is 13.0. The maximum absolute atomic E-state index is 3.95. The van der Waals surface area contributed by atoms with Crippen molar-refractivity contribution in [3.05, 3.63) is 0 Å². The second-order valence-electron chi connectivity index (χ2n) is 13.0. The molecule has 3 saturated heterocycles. The van der Waals surface area contributed by atoms with Gasteiger partial charge in [-0.2, -0.15) is 0 Å². The first-order valence-electron chi connectivity index (χ1n) is 14.2. The molecule has 174 valence electrons. The molecule has 4 heteroatoms. The van der Waals surface area contributed by atoms with E-state index < -0.39 is 0 Å². The Kier molecular flexibility index (Phi) is 5.01. The fraction of sp³-hybridized carbons (Fsp3) is 1.00. The van der Waals surface area contributed by atoms with Crippen molar-refractivity contribution in [2.45, 2.75) is 108 Å². The third-order valence-electron chi connectivity index (χ3n) is 11.9. The van der Waals surface area contributed by atoms with E-state index >= 15 is 0 Å². The zero-order chi connectivity index (χ0) is 20.5. The van der Waals surface area contributed by atoms with Crippen molar-refractivity contribution in [1.29, 1.82) is 0 Å². The van der Waals surface area contributed by atoms with Gasteiger partial charge in [0, 0.05) is 50.3 Å². The molecule has 8 fully saturated rings. The lowest BCUT2D eigenvalue weighted by Crippen LogP contribution is -2.70. The minimum atomic E-state index is 0.662. The molecule has 7 unspecified atom stereocenters. The average Bonchev–Trinajstić information content (AvgIpc) is 3.51. The Morgan fingerprint density at radius 1 is 0.774 bits per heavy atom. The van der Waals surface area contributed by atoms with Crippen molar-refractivity contribution < 1.29 is 0 Å². The lowest BCUT2D eigenvalue weighted by atomic mass is 9.48. The highest BCUT2D eigenvalue weighted by Gasteiger charge is 2.67. The van der Waals surface area contributed by atoms with Crippen LogP contribution in [0, 0.1) is 28.6 Å². The Bertz CT molecular complexity index is 670. The van der Waals surface area contributed by atoms with Gasteiger partial charge in [0.1, 0.15) is 0 Å². The van der Waals surface area contributed by atoms with Gasteiger partial charge in [0.25, 0.3) is 0 Å². The largest absolute Gasteiger partial charge is 0.315 e. The molecule has 31 heavy (non-hydrogen) atoms. The summed E-state index contributed by atoms with van der Waals surface area (Å²) in [6, 6.07) is 3.28. The summed E-state index contributed by atoms with van der Waals surface area (Å²) in [7, 11) is 0. The molecule has 0 aromatic rings. The summed E-state index contributed by atoms with van der Waals surface area (Å²) in [6.07, 6.45) is 19.9. The first kappa shape index (κ1) is 20.2. The molecule has 4 nitrogen and oxygen atoms in total. The predicted molar refractivity (Wildman–Crippen MR) is 126 cm³/mol. The van der Waals surface area contributed by atoms with Crippen LogP contribution in [0.3, 0.4) is 0 Å². The number of piperidine rings is 1. The van der Waals surface area contributed by atoms with Gasteiger partial charge in [-0.3, -0.25) is 4.90 Å². The highest BCUT2D eigenvalue weighted by molar-refractivity contribution is 5.19. The number of hydrogen-bond acceptors (Lipinski definition) is 4. The molecule has 0 aromatic heterocycles. The number of nitrogens with zero attached hydrogens (tertiary/aromatic N) is 1. The van der Waals surface area contributed by atoms with E-state index in [2.05, 4.69) is 20.9 Å². The van der Waals surface area contributed by atoms with Crippen molar-refractivity contribution in [2.24, 2.45) is 28.6 Å². The normalized spacial score (nSPS) is 54.8. The van der Waals surface area contributed by atoms with E-state index in [4.69, 9.17) is 0 Å². The molecule has 0 radical (unpaired) electrons. The van der Waals surface area contributed by atoms with Crippen molar-refractivity contribution in [3.8, 4) is 0 Å². The fourth-order valence-electron chi connectivity index (χ4n) is 10.6. The highest BCUT2D eigenvalue weighted by atomic mass is 15.2. The molecule has 3 aliphatic heterocycles. The molecule has 0 amide bonds. The van der Waals surface area contributed by atoms with E-state index in [0.717, 1.165) is 54.4 Å². The maximum Gasteiger partial charge on any atom is 0.0350 e. The summed E-state index contributed by atoms with van der Waals surface area (Å²) >= 11 is 0. The third kappa shape index (κ3) is 3.14. The van der Waals surface area contributed by atoms with E-state index in [1.807, 2.05) is 0 Å². The van der Waals surface area contributed by atoms with E-state index in [0.29, 0.717) is 11.5 Å². The van der Waals surface area contributed by atoms with Crippen LogP contribution in [0.4, 0.5) is 0 Å². The van der Waals surface area contributed by atoms with Crippen molar-refractivity contribution in [3.63, 3.8) is 0 Å². The number of fused-ring (bicyclic) bond motifs is 3. The van der Waals surface area contributed by atoms with Crippen LogP contribution < -0.4 is 16.0 Å². The van der Waals surface area contributed by atoms with Gasteiger partial charge in [-0.1, -0.05) is 19.3 Å². The smallest absolute Gasteiger partial charge is 0.0350 e. The van der Waals surface area contributed by atoms with Crippen LogP contribution in [0.2, 0.25) is 0 Å². The Hall–Kier alpha value is -0.160. The number of hydrogen-bond donors (Lipinski definition) is 3. The third-order valence-corrected chi connectivity index (χ3v) is 11.9. The predicted octanol–water partition coefficient (Wildman–Crippen LogP) is 3.52. The number of nitrogens with one attached hydrogen (secondary N) is 3. The van der Waals surface area contributed by atoms with Gasteiger partial charge in [-0.25, -0.2) is 0 Å². The first-order valence-corrected chi connectivity index (χ1v) is 14.2. The van der Waals surface area contributed by atoms with Gasteiger partial charge in [0.2, 0.25) is 0 Å². The molecule has 0 aromatic carbocycles. The molecule has 8 rings (SSSR count). The van der Waals surface area contributed by atoms with E-state index in [1.165, 1.54) is 71.0 Å². The van der Waals surface area contributed by atoms with Crippen LogP contribution in [0.1, 0.15) is 83.5 Å². The Morgan fingerprint density at radius 2 is 1.65 bits per heavy atom. The quantitative estimate of drug-likeness (QED) is 0.646. The zero-order valence-electron chi connectivity index (χ0n) is 19.7. The summed E-state index contributed by atoms with van der Waals surface area (Å²) < 4.78 is 0. The Balaban J connectivity index is 1.04. The van der Waals surface area contributed by atoms with Gasteiger partial charge in [0.15, 0.2) is 0 Å². The summed E-state index contributed by atoms with van der Waals surface area (Å²) in [5.74, 6) is 2.95. The molecule has 8 aliphatic rings. The van der Waals surface area contributed by atoms with Crippen molar-refractivity contribution in [2.75, 3.05) is 32.7 Å². The number of rotatable bonds is 3. The average molecular weight is 427 g/mol. The van der Waals surface area contributed by atoms with Crippen LogP contribution in [0.25, 0.3) is 0 Å². The van der Waals surface area contributed by atoms with Gasteiger partial charge < -0.3 is 16.0 Å². The van der Waals surface area contributed by atoms with Crippen LogP contribution in [0.5, 0.6) is 0 Å². The molecule has 2 bridgehead atoms. The molecule has 0 spiro atoms. The highest BCUT2D eigenvalue weighted by Crippen LogP contribution is 2.74. The molecule has 3 N–H and O–H groups in total. The summed E-state index contributed by atoms with van der Waals surface area (Å²) in [5, 5.41) is 11.6. The zero-order valence-corrected chi connectivity index (χ0v) is 19.7. The fourth-order valence-corrected chi connectivity index (χ4v) is 10.6. The Morgan fingerprint density at radius 3 is 2.61 bits per heavy atom. The summed E-state index contributed by atoms with van der Waals surface area (Å²) in [4.78, 5) is 3.06. The number of piperazine rings is 1. The minimum absolute atomic E-state index is 0.662. The van der Waals surface area contributed by atoms with E-state index in [1.54, 1.807) is 32.1 Å². The lowest BCUT2D eigenvalue weighted by molar-refractivity contribution is -0.0843. The minimum Gasteiger partial charge on any atom is -0.315 e. The Labute approximate surface area is 190 Å². The summed E-state index contributed by atoms with van der Waals surface area (Å²) in [5.41, 5.74) is 1.40. The topological polar surface area (TPSA) is 39.3 Å². The lowest BCUT2D eigenvalue weighted by Gasteiger charge is -2.60. The molecule has 7 atom stereocenters. The second kappa shape index (κ2) is 7.68. The monoisotopic (exact) mass is 426 g/mol. The van der Waals surface area contributed by atoms with Crippen LogP contribution in [-0.2, 0) is 0 Å². The van der Waals surface area contributed by atoms with Gasteiger partial charge in [-0.15, -0.1) is 0 Å². The van der Waals surface area contributed by atoms with Crippen molar-refractivity contribution >= 4 is 0 Å². The van der Waals surface area contributed by atoms with Crippen LogP contribution >= 0.6 is 0 Å². The number of likely N-dealkylation sites (tertiary alicyclic amines) is 1. The summed E-state index contributed by atoms with van der Waals surface area (Å²) in [6.45, 7) is 6.17. The molecular formula is C27H46N4. The van der Waals surface area contributed by atoms with Crippen molar-refractivity contribution in [1.82, 2.24) is 20.9 Å². The molecular weight excluding hydrogens is 380 g/mol. The first-order chi connectivity index (χ1) is 15.3. The van der Waals surface area contributed by atoms with Gasteiger partial charge >= 0.3 is 0 Å². The van der Waals surface area contributed by atoms with Crippen LogP contribution in [0.15, 0.2) is 0 Å². The molecule has 5 saturated carbocycles.